The van der Waals surface area contributed by atoms with Crippen LogP contribution in [0.15, 0.2) is 60.7 Å². The molecule has 3 aromatic rings. The molecule has 0 fully saturated rings. The third-order valence-corrected chi connectivity index (χ3v) is 7.06. The average molecular weight is 369 g/mol. The van der Waals surface area contributed by atoms with E-state index in [1.807, 2.05) is 0 Å². The standard InChI is InChI=1S/C26H28N2/c1-25(2)17-11-7-9-13-21(17)27(5)23-16-20-24(15-19(23)25)28(6)22-14-10-8-12-18(22)26(20,3)4/h7-16H,1-6H3. The van der Waals surface area contributed by atoms with Gasteiger partial charge in [-0.15, -0.1) is 0 Å². The quantitative estimate of drug-likeness (QED) is 0.447. The first-order chi connectivity index (χ1) is 13.2. The third kappa shape index (κ3) is 2.03. The fourth-order valence-electron chi connectivity index (χ4n) is 5.27. The molecule has 5 rings (SSSR count). The molecular formula is C26H28N2. The van der Waals surface area contributed by atoms with Crippen LogP contribution in [-0.4, -0.2) is 14.1 Å². The van der Waals surface area contributed by atoms with Gasteiger partial charge in [-0.25, -0.2) is 0 Å². The number of fused-ring (bicyclic) bond motifs is 4. The summed E-state index contributed by atoms with van der Waals surface area (Å²) in [6.07, 6.45) is 0. The van der Waals surface area contributed by atoms with Crippen molar-refractivity contribution in [1.82, 2.24) is 0 Å². The Labute approximate surface area is 168 Å². The lowest BCUT2D eigenvalue weighted by Crippen LogP contribution is -2.35. The van der Waals surface area contributed by atoms with Gasteiger partial charge >= 0.3 is 0 Å². The van der Waals surface area contributed by atoms with E-state index in [1.165, 1.54) is 45.0 Å². The zero-order valence-electron chi connectivity index (χ0n) is 17.7. The molecule has 0 amide bonds. The van der Waals surface area contributed by atoms with Crippen LogP contribution < -0.4 is 9.80 Å². The second-order valence-electron chi connectivity index (χ2n) is 9.29. The maximum Gasteiger partial charge on any atom is 0.0454 e. The lowest BCUT2D eigenvalue weighted by Gasteiger charge is -2.45. The minimum absolute atomic E-state index is 0.0323. The van der Waals surface area contributed by atoms with E-state index >= 15 is 0 Å². The molecule has 0 spiro atoms. The first-order valence-electron chi connectivity index (χ1n) is 10.1. The van der Waals surface area contributed by atoms with Crippen molar-refractivity contribution in [2.75, 3.05) is 23.9 Å². The van der Waals surface area contributed by atoms with E-state index in [2.05, 4.69) is 112 Å². The van der Waals surface area contributed by atoms with E-state index in [1.54, 1.807) is 0 Å². The molecule has 0 aromatic heterocycles. The summed E-state index contributed by atoms with van der Waals surface area (Å²) < 4.78 is 0. The van der Waals surface area contributed by atoms with Crippen LogP contribution in [-0.2, 0) is 10.8 Å². The lowest BCUT2D eigenvalue weighted by atomic mass is 9.69. The Morgan fingerprint density at radius 3 is 1.25 bits per heavy atom. The van der Waals surface area contributed by atoms with Gasteiger partial charge in [-0.1, -0.05) is 64.1 Å². The monoisotopic (exact) mass is 368 g/mol. The van der Waals surface area contributed by atoms with Crippen LogP contribution >= 0.6 is 0 Å². The molecule has 0 saturated carbocycles. The smallest absolute Gasteiger partial charge is 0.0454 e. The highest BCUT2D eigenvalue weighted by Gasteiger charge is 2.40. The topological polar surface area (TPSA) is 6.48 Å². The predicted molar refractivity (Wildman–Crippen MR) is 120 cm³/mol. The van der Waals surface area contributed by atoms with Gasteiger partial charge in [0, 0.05) is 47.7 Å². The summed E-state index contributed by atoms with van der Waals surface area (Å²) in [5.41, 5.74) is 10.8. The van der Waals surface area contributed by atoms with E-state index in [0.29, 0.717) is 0 Å². The fourth-order valence-corrected chi connectivity index (χ4v) is 5.27. The first-order valence-corrected chi connectivity index (χ1v) is 10.1. The Morgan fingerprint density at radius 2 is 0.857 bits per heavy atom. The van der Waals surface area contributed by atoms with Crippen LogP contribution in [0.1, 0.15) is 49.9 Å². The molecule has 2 aliphatic rings. The normalized spacial score (nSPS) is 18.1. The summed E-state index contributed by atoms with van der Waals surface area (Å²) in [4.78, 5) is 4.74. The van der Waals surface area contributed by atoms with Crippen LogP contribution in [0.4, 0.5) is 22.7 Å². The van der Waals surface area contributed by atoms with Crippen molar-refractivity contribution in [3.05, 3.63) is 82.9 Å². The number of hydrogen-bond acceptors (Lipinski definition) is 2. The second-order valence-corrected chi connectivity index (χ2v) is 9.29. The largest absolute Gasteiger partial charge is 0.344 e. The molecule has 2 aliphatic heterocycles. The minimum atomic E-state index is -0.0323. The summed E-state index contributed by atoms with van der Waals surface area (Å²) in [7, 11) is 4.40. The molecule has 2 heteroatoms. The zero-order valence-corrected chi connectivity index (χ0v) is 17.7. The Morgan fingerprint density at radius 1 is 0.500 bits per heavy atom. The number of para-hydroxylation sites is 2. The van der Waals surface area contributed by atoms with Crippen molar-refractivity contribution in [3.63, 3.8) is 0 Å². The second kappa shape index (κ2) is 5.41. The van der Waals surface area contributed by atoms with Gasteiger partial charge < -0.3 is 9.80 Å². The molecule has 0 aliphatic carbocycles. The van der Waals surface area contributed by atoms with Gasteiger partial charge in [0.15, 0.2) is 0 Å². The number of anilines is 4. The Bertz CT molecular complexity index is 1020. The Hall–Kier alpha value is -2.74. The van der Waals surface area contributed by atoms with Gasteiger partial charge in [0.05, 0.1) is 0 Å². The van der Waals surface area contributed by atoms with E-state index in [0.717, 1.165) is 0 Å². The van der Waals surface area contributed by atoms with Gasteiger partial charge in [0.2, 0.25) is 0 Å². The van der Waals surface area contributed by atoms with Crippen molar-refractivity contribution >= 4 is 22.7 Å². The molecule has 28 heavy (non-hydrogen) atoms. The molecule has 0 radical (unpaired) electrons. The Balaban J connectivity index is 1.81. The van der Waals surface area contributed by atoms with Gasteiger partial charge in [0.1, 0.15) is 0 Å². The average Bonchev–Trinajstić information content (AvgIpc) is 2.70. The van der Waals surface area contributed by atoms with Crippen LogP contribution in [0.25, 0.3) is 0 Å². The van der Waals surface area contributed by atoms with Crippen LogP contribution in [0.3, 0.4) is 0 Å². The molecule has 0 saturated heterocycles. The molecule has 0 unspecified atom stereocenters. The van der Waals surface area contributed by atoms with E-state index in [4.69, 9.17) is 0 Å². The number of hydrogen-bond donors (Lipinski definition) is 0. The predicted octanol–water partition coefficient (Wildman–Crippen LogP) is 6.50. The molecule has 2 heterocycles. The van der Waals surface area contributed by atoms with Gasteiger partial charge in [0.25, 0.3) is 0 Å². The summed E-state index contributed by atoms with van der Waals surface area (Å²) in [6.45, 7) is 9.41. The molecule has 0 bridgehead atoms. The van der Waals surface area contributed by atoms with Crippen molar-refractivity contribution in [3.8, 4) is 0 Å². The summed E-state index contributed by atoms with van der Waals surface area (Å²) in [6, 6.07) is 22.5. The molecule has 2 nitrogen and oxygen atoms in total. The van der Waals surface area contributed by atoms with E-state index < -0.39 is 0 Å². The van der Waals surface area contributed by atoms with Crippen LogP contribution in [0.2, 0.25) is 0 Å². The fraction of sp³-hybridized carbons (Fsp3) is 0.308. The van der Waals surface area contributed by atoms with Crippen molar-refractivity contribution in [2.45, 2.75) is 38.5 Å². The number of rotatable bonds is 0. The number of benzene rings is 3. The van der Waals surface area contributed by atoms with Crippen molar-refractivity contribution in [1.29, 1.82) is 0 Å². The zero-order chi connectivity index (χ0) is 19.8. The highest BCUT2D eigenvalue weighted by atomic mass is 15.1. The van der Waals surface area contributed by atoms with Crippen molar-refractivity contribution in [2.24, 2.45) is 0 Å². The molecule has 3 aromatic carbocycles. The minimum Gasteiger partial charge on any atom is -0.344 e. The first kappa shape index (κ1) is 17.4. The van der Waals surface area contributed by atoms with E-state index in [9.17, 15) is 0 Å². The summed E-state index contributed by atoms with van der Waals surface area (Å²) in [5.74, 6) is 0. The Kier molecular flexibility index (Phi) is 3.35. The van der Waals surface area contributed by atoms with E-state index in [-0.39, 0.29) is 10.8 Å². The van der Waals surface area contributed by atoms with Crippen molar-refractivity contribution < 1.29 is 0 Å². The summed E-state index contributed by atoms with van der Waals surface area (Å²) in [5, 5.41) is 0. The summed E-state index contributed by atoms with van der Waals surface area (Å²) >= 11 is 0. The maximum absolute atomic E-state index is 2.44. The molecule has 0 atom stereocenters. The highest BCUT2D eigenvalue weighted by molar-refractivity contribution is 5.85. The van der Waals surface area contributed by atoms with Gasteiger partial charge in [-0.2, -0.15) is 0 Å². The third-order valence-electron chi connectivity index (χ3n) is 7.06. The maximum atomic E-state index is 2.44. The number of nitrogens with zero attached hydrogens (tertiary/aromatic N) is 2. The molecule has 0 N–H and O–H groups in total. The highest BCUT2D eigenvalue weighted by Crippen LogP contribution is 2.54. The molecular weight excluding hydrogens is 340 g/mol. The molecule has 142 valence electrons. The van der Waals surface area contributed by atoms with Gasteiger partial charge in [-0.05, 0) is 46.5 Å². The van der Waals surface area contributed by atoms with Crippen LogP contribution in [0.5, 0.6) is 0 Å². The SMILES string of the molecule is CN1c2ccccc2C(C)(C)c2cc3c(cc21)C(C)(C)c1ccccc1N3C. The van der Waals surface area contributed by atoms with Crippen LogP contribution in [0, 0.1) is 0 Å². The lowest BCUT2D eigenvalue weighted by molar-refractivity contribution is 0.612. The van der Waals surface area contributed by atoms with Gasteiger partial charge in [-0.3, -0.25) is 0 Å².